The van der Waals surface area contributed by atoms with Crippen LogP contribution in [0.2, 0.25) is 0 Å². The Morgan fingerprint density at radius 3 is 2.34 bits per heavy atom. The van der Waals surface area contributed by atoms with Crippen molar-refractivity contribution in [1.29, 1.82) is 0 Å². The Morgan fingerprint density at radius 2 is 1.75 bits per heavy atom. The fourth-order valence-corrected chi connectivity index (χ4v) is 3.77. The molecule has 1 aliphatic heterocycles. The van der Waals surface area contributed by atoms with Crippen LogP contribution >= 0.6 is 0 Å². The van der Waals surface area contributed by atoms with Gasteiger partial charge in [0.05, 0.1) is 11.1 Å². The summed E-state index contributed by atoms with van der Waals surface area (Å²) in [6, 6.07) is 1.95. The average Bonchev–Trinajstić information content (AvgIpc) is 3.07. The number of hydrogen-bond donors (Lipinski definition) is 1. The van der Waals surface area contributed by atoms with Crippen molar-refractivity contribution in [3.63, 3.8) is 0 Å². The van der Waals surface area contributed by atoms with Crippen molar-refractivity contribution in [2.45, 2.75) is 13.1 Å². The van der Waals surface area contributed by atoms with Gasteiger partial charge in [0.25, 0.3) is 0 Å². The van der Waals surface area contributed by atoms with Crippen LogP contribution in [0.4, 0.5) is 27.8 Å². The maximum absolute atomic E-state index is 14.6. The molecule has 1 fully saturated rings. The van der Waals surface area contributed by atoms with Crippen LogP contribution in [-0.2, 0) is 18.0 Å². The van der Waals surface area contributed by atoms with E-state index in [0.717, 1.165) is 0 Å². The number of nitrogens with zero attached hydrogens (tertiary/aromatic N) is 5. The highest BCUT2D eigenvalue weighted by Crippen LogP contribution is 2.41. The third-order valence-electron chi connectivity index (χ3n) is 5.51. The lowest BCUT2D eigenvalue weighted by Gasteiger charge is -2.34. The number of pyridine rings is 1. The van der Waals surface area contributed by atoms with E-state index >= 15 is 0 Å². The lowest BCUT2D eigenvalue weighted by atomic mass is 10.0. The van der Waals surface area contributed by atoms with Gasteiger partial charge in [-0.2, -0.15) is 18.3 Å². The number of anilines is 1. The Labute approximate surface area is 178 Å². The predicted molar refractivity (Wildman–Crippen MR) is 105 cm³/mol. The molecule has 3 heterocycles. The van der Waals surface area contributed by atoms with Gasteiger partial charge in [-0.25, -0.2) is 13.8 Å². The molecule has 0 radical (unpaired) electrons. The molecule has 170 valence electrons. The van der Waals surface area contributed by atoms with Gasteiger partial charge >= 0.3 is 6.18 Å². The van der Waals surface area contributed by atoms with Gasteiger partial charge in [0.15, 0.2) is 17.4 Å². The SMILES string of the molecule is CC(=O)N1CCN(c2cc3c(cn2)c(-c2cc(C(F)(F)F)c(F)c(O)c2F)nn3C)CC1. The summed E-state index contributed by atoms with van der Waals surface area (Å²) in [7, 11) is 1.52. The topological polar surface area (TPSA) is 74.5 Å². The van der Waals surface area contributed by atoms with E-state index in [1.165, 1.54) is 24.9 Å². The van der Waals surface area contributed by atoms with Crippen molar-refractivity contribution in [3.05, 3.63) is 35.5 Å². The number of carbonyl (C=O) groups excluding carboxylic acids is 1. The summed E-state index contributed by atoms with van der Waals surface area (Å²) in [6.07, 6.45) is -3.79. The number of phenolic OH excluding ortho intramolecular Hbond substituents is 1. The van der Waals surface area contributed by atoms with Crippen molar-refractivity contribution in [3.8, 4) is 17.0 Å². The van der Waals surface area contributed by atoms with Crippen LogP contribution in [0.1, 0.15) is 12.5 Å². The number of alkyl halides is 3. The number of aromatic nitrogens is 3. The number of hydrogen-bond acceptors (Lipinski definition) is 5. The van der Waals surface area contributed by atoms with Crippen LogP contribution in [0.5, 0.6) is 5.75 Å². The number of halogens is 5. The Balaban J connectivity index is 1.77. The van der Waals surface area contributed by atoms with E-state index in [4.69, 9.17) is 0 Å². The Kier molecular flexibility index (Phi) is 5.18. The zero-order chi connectivity index (χ0) is 23.4. The second-order valence-electron chi connectivity index (χ2n) is 7.47. The molecular formula is C20H18F5N5O2. The van der Waals surface area contributed by atoms with Crippen molar-refractivity contribution >= 4 is 22.6 Å². The molecule has 0 spiro atoms. The number of benzene rings is 1. The van der Waals surface area contributed by atoms with Gasteiger partial charge in [-0.1, -0.05) is 0 Å². The van der Waals surface area contributed by atoms with Crippen LogP contribution in [0.15, 0.2) is 18.3 Å². The molecule has 0 unspecified atom stereocenters. The van der Waals surface area contributed by atoms with E-state index in [-0.39, 0.29) is 17.0 Å². The third-order valence-corrected chi connectivity index (χ3v) is 5.51. The summed E-state index contributed by atoms with van der Waals surface area (Å²) < 4.78 is 69.2. The second-order valence-corrected chi connectivity index (χ2v) is 7.47. The molecule has 0 saturated carbocycles. The van der Waals surface area contributed by atoms with Crippen LogP contribution in [0.25, 0.3) is 22.2 Å². The Bertz CT molecular complexity index is 1220. The van der Waals surface area contributed by atoms with Gasteiger partial charge in [-0.15, -0.1) is 0 Å². The van der Waals surface area contributed by atoms with Crippen LogP contribution < -0.4 is 4.90 Å². The minimum Gasteiger partial charge on any atom is -0.503 e. The van der Waals surface area contributed by atoms with Crippen LogP contribution in [-0.4, -0.2) is 56.9 Å². The fourth-order valence-electron chi connectivity index (χ4n) is 3.77. The number of aryl methyl sites for hydroxylation is 1. The lowest BCUT2D eigenvalue weighted by Crippen LogP contribution is -2.48. The highest BCUT2D eigenvalue weighted by molar-refractivity contribution is 5.94. The first kappa shape index (κ1) is 21.8. The molecule has 1 amide bonds. The smallest absolute Gasteiger partial charge is 0.419 e. The summed E-state index contributed by atoms with van der Waals surface area (Å²) in [5.41, 5.74) is -2.23. The third kappa shape index (κ3) is 3.59. The van der Waals surface area contributed by atoms with E-state index in [0.29, 0.717) is 43.6 Å². The quantitative estimate of drug-likeness (QED) is 0.601. The molecule has 0 atom stereocenters. The molecule has 1 aromatic carbocycles. The number of fused-ring (bicyclic) bond motifs is 1. The maximum atomic E-state index is 14.6. The Morgan fingerprint density at radius 1 is 1.09 bits per heavy atom. The average molecular weight is 455 g/mol. The van der Waals surface area contributed by atoms with Crippen LogP contribution in [0.3, 0.4) is 0 Å². The first-order valence-electron chi connectivity index (χ1n) is 9.60. The molecule has 0 bridgehead atoms. The van der Waals surface area contributed by atoms with Crippen LogP contribution in [0, 0.1) is 11.6 Å². The number of rotatable bonds is 2. The largest absolute Gasteiger partial charge is 0.503 e. The first-order valence-corrected chi connectivity index (χ1v) is 9.60. The maximum Gasteiger partial charge on any atom is 0.419 e. The van der Waals surface area contributed by atoms with Crippen molar-refractivity contribution in [1.82, 2.24) is 19.7 Å². The standard InChI is InChI=1S/C20H18F5N5O2/c1-10(31)29-3-5-30(6-4-29)15-8-14-12(9-26-15)18(27-28(14)2)11-7-13(20(23,24)25)17(22)19(32)16(11)21/h7-9,32H,3-6H2,1-2H3. The van der Waals surface area contributed by atoms with Gasteiger partial charge in [-0.05, 0) is 6.07 Å². The van der Waals surface area contributed by atoms with Gasteiger partial charge in [0, 0.05) is 63.4 Å². The predicted octanol–water partition coefficient (Wildman–Crippen LogP) is 3.31. The molecule has 1 aliphatic rings. The minimum absolute atomic E-state index is 0.0212. The normalized spacial score (nSPS) is 15.0. The van der Waals surface area contributed by atoms with E-state index in [1.807, 2.05) is 4.90 Å². The molecular weight excluding hydrogens is 437 g/mol. The van der Waals surface area contributed by atoms with Gasteiger partial charge < -0.3 is 14.9 Å². The summed E-state index contributed by atoms with van der Waals surface area (Å²) in [5.74, 6) is -4.80. The number of carbonyl (C=O) groups is 1. The molecule has 0 aliphatic carbocycles. The monoisotopic (exact) mass is 455 g/mol. The second kappa shape index (κ2) is 7.61. The summed E-state index contributed by atoms with van der Waals surface area (Å²) >= 11 is 0. The zero-order valence-electron chi connectivity index (χ0n) is 17.0. The van der Waals surface area contributed by atoms with E-state index < -0.39 is 34.7 Å². The Hall–Kier alpha value is -3.44. The van der Waals surface area contributed by atoms with Crippen molar-refractivity contribution < 1.29 is 31.9 Å². The van der Waals surface area contributed by atoms with E-state index in [1.54, 1.807) is 11.0 Å². The highest BCUT2D eigenvalue weighted by Gasteiger charge is 2.38. The molecule has 7 nitrogen and oxygen atoms in total. The molecule has 3 aromatic rings. The zero-order valence-corrected chi connectivity index (χ0v) is 17.0. The minimum atomic E-state index is -5.14. The summed E-state index contributed by atoms with van der Waals surface area (Å²) in [6.45, 7) is 3.61. The van der Waals surface area contributed by atoms with Gasteiger partial charge in [0.2, 0.25) is 5.91 Å². The van der Waals surface area contributed by atoms with E-state index in [9.17, 15) is 31.9 Å². The molecule has 32 heavy (non-hydrogen) atoms. The summed E-state index contributed by atoms with van der Waals surface area (Å²) in [5, 5.41) is 13.9. The molecule has 4 rings (SSSR count). The van der Waals surface area contributed by atoms with Crippen molar-refractivity contribution in [2.75, 3.05) is 31.1 Å². The molecule has 2 aromatic heterocycles. The first-order chi connectivity index (χ1) is 15.0. The van der Waals surface area contributed by atoms with E-state index in [2.05, 4.69) is 10.1 Å². The van der Waals surface area contributed by atoms with Crippen molar-refractivity contribution in [2.24, 2.45) is 7.05 Å². The number of amides is 1. The molecule has 12 heteroatoms. The molecule has 1 N–H and O–H groups in total. The lowest BCUT2D eigenvalue weighted by molar-refractivity contribution is -0.140. The number of aromatic hydroxyl groups is 1. The van der Waals surface area contributed by atoms with Gasteiger partial charge in [-0.3, -0.25) is 9.48 Å². The van der Waals surface area contributed by atoms with Gasteiger partial charge in [0.1, 0.15) is 11.5 Å². The summed E-state index contributed by atoms with van der Waals surface area (Å²) in [4.78, 5) is 19.5. The molecule has 1 saturated heterocycles. The number of piperazine rings is 1. The fraction of sp³-hybridized carbons (Fsp3) is 0.350. The highest BCUT2D eigenvalue weighted by atomic mass is 19.4. The number of phenols is 1.